The Morgan fingerprint density at radius 2 is 1.97 bits per heavy atom. The van der Waals surface area contributed by atoms with Crippen LogP contribution in [-0.4, -0.2) is 73.6 Å². The molecular weight excluding hydrogens is 424 g/mol. The van der Waals surface area contributed by atoms with Crippen LogP contribution in [0.25, 0.3) is 28.1 Å². The molecule has 10 nitrogen and oxygen atoms in total. The van der Waals surface area contributed by atoms with E-state index in [1.165, 1.54) is 0 Å². The molecule has 4 heterocycles. The highest BCUT2D eigenvalue weighted by Crippen LogP contribution is 2.24. The van der Waals surface area contributed by atoms with Crippen molar-refractivity contribution >= 4 is 16.6 Å². The zero-order valence-electron chi connectivity index (χ0n) is 18.8. The topological polar surface area (TPSA) is 111 Å². The van der Waals surface area contributed by atoms with Crippen molar-refractivity contribution in [1.82, 2.24) is 29.0 Å². The lowest BCUT2D eigenvalue weighted by Gasteiger charge is -2.29. The maximum atomic E-state index is 13.7. The fraction of sp³-hybridized carbons (Fsp3) is 0.478. The zero-order chi connectivity index (χ0) is 22.9. The molecule has 33 heavy (non-hydrogen) atoms. The number of imidazole rings is 1. The number of rotatable bonds is 7. The largest absolute Gasteiger partial charge is 0.393 e. The third-order valence-corrected chi connectivity index (χ3v) is 6.34. The van der Waals surface area contributed by atoms with Crippen LogP contribution in [0.1, 0.15) is 31.6 Å². The van der Waals surface area contributed by atoms with Crippen LogP contribution in [0.5, 0.6) is 0 Å². The first-order valence-electron chi connectivity index (χ1n) is 11.3. The molecule has 0 aliphatic carbocycles. The van der Waals surface area contributed by atoms with Gasteiger partial charge in [0.1, 0.15) is 17.5 Å². The Bertz CT molecular complexity index is 1320. The molecule has 174 valence electrons. The van der Waals surface area contributed by atoms with Crippen LogP contribution in [0.15, 0.2) is 39.9 Å². The average molecular weight is 453 g/mol. The van der Waals surface area contributed by atoms with E-state index in [1.54, 1.807) is 22.4 Å². The first kappa shape index (κ1) is 21.7. The number of para-hydroxylation sites is 2. The van der Waals surface area contributed by atoms with Gasteiger partial charge in [-0.3, -0.25) is 9.20 Å². The Hall–Kier alpha value is -3.08. The summed E-state index contributed by atoms with van der Waals surface area (Å²) < 4.78 is 14.2. The summed E-state index contributed by atoms with van der Waals surface area (Å²) in [6.07, 6.45) is 2.95. The number of piperidine rings is 1. The van der Waals surface area contributed by atoms with Gasteiger partial charge in [0.15, 0.2) is 0 Å². The van der Waals surface area contributed by atoms with Crippen molar-refractivity contribution in [1.29, 1.82) is 0 Å². The molecule has 1 fully saturated rings. The van der Waals surface area contributed by atoms with E-state index in [1.807, 2.05) is 31.2 Å². The SMILES string of the molecule is COCC(C)c1nc(-c2ncn3c2c(=O)n(CCN2CCC(O)CC2)c2ccccc23)no1. The molecule has 5 rings (SSSR count). The van der Waals surface area contributed by atoms with Crippen LogP contribution in [0.4, 0.5) is 0 Å². The monoisotopic (exact) mass is 452 g/mol. The highest BCUT2D eigenvalue weighted by atomic mass is 16.5. The molecule has 1 saturated heterocycles. The minimum absolute atomic E-state index is 0.0642. The number of hydrogen-bond acceptors (Lipinski definition) is 8. The normalized spacial score (nSPS) is 16.7. The molecule has 1 unspecified atom stereocenters. The number of ether oxygens (including phenoxy) is 1. The van der Waals surface area contributed by atoms with Crippen LogP contribution < -0.4 is 5.56 Å². The van der Waals surface area contributed by atoms with Gasteiger partial charge in [-0.1, -0.05) is 24.2 Å². The van der Waals surface area contributed by atoms with E-state index in [0.717, 1.165) is 43.5 Å². The summed E-state index contributed by atoms with van der Waals surface area (Å²) in [7, 11) is 1.62. The standard InChI is InChI=1S/C23H28N6O4/c1-15(13-32-2)22-25-21(26-33-22)19-20-23(31)28(12-11-27-9-7-16(30)8-10-27)17-5-3-4-6-18(17)29(20)14-24-19/h3-6,14-16,30H,7-13H2,1-2H3. The van der Waals surface area contributed by atoms with E-state index in [2.05, 4.69) is 20.0 Å². The van der Waals surface area contributed by atoms with Crippen molar-refractivity contribution in [2.75, 3.05) is 33.4 Å². The summed E-state index contributed by atoms with van der Waals surface area (Å²) in [6, 6.07) is 7.81. The van der Waals surface area contributed by atoms with E-state index in [4.69, 9.17) is 9.26 Å². The third-order valence-electron chi connectivity index (χ3n) is 6.34. The van der Waals surface area contributed by atoms with Gasteiger partial charge in [0.25, 0.3) is 5.56 Å². The number of hydrogen-bond donors (Lipinski definition) is 1. The summed E-state index contributed by atoms with van der Waals surface area (Å²) in [5, 5.41) is 13.9. The molecule has 1 atom stereocenters. The Labute approximate surface area is 190 Å². The summed E-state index contributed by atoms with van der Waals surface area (Å²) in [6.45, 7) is 5.33. The van der Waals surface area contributed by atoms with Gasteiger partial charge in [0, 0.05) is 33.3 Å². The fourth-order valence-corrected chi connectivity index (χ4v) is 4.49. The van der Waals surface area contributed by atoms with Gasteiger partial charge >= 0.3 is 0 Å². The number of methoxy groups -OCH3 is 1. The number of aliphatic hydroxyl groups excluding tert-OH is 1. The Kier molecular flexibility index (Phi) is 5.96. The second-order valence-electron chi connectivity index (χ2n) is 8.64. The summed E-state index contributed by atoms with van der Waals surface area (Å²) in [5.74, 6) is 0.673. The van der Waals surface area contributed by atoms with E-state index >= 15 is 0 Å². The predicted octanol–water partition coefficient (Wildman–Crippen LogP) is 1.91. The van der Waals surface area contributed by atoms with Crippen molar-refractivity contribution in [2.45, 2.75) is 38.3 Å². The summed E-state index contributed by atoms with van der Waals surface area (Å²) in [5.41, 5.74) is 2.42. The quantitative estimate of drug-likeness (QED) is 0.453. The molecule has 0 bridgehead atoms. The van der Waals surface area contributed by atoms with Gasteiger partial charge in [-0.2, -0.15) is 4.98 Å². The second-order valence-corrected chi connectivity index (χ2v) is 8.64. The highest BCUT2D eigenvalue weighted by Gasteiger charge is 2.23. The van der Waals surface area contributed by atoms with Crippen molar-refractivity contribution in [3.8, 4) is 11.5 Å². The van der Waals surface area contributed by atoms with E-state index in [0.29, 0.717) is 36.1 Å². The van der Waals surface area contributed by atoms with E-state index < -0.39 is 0 Å². The first-order chi connectivity index (χ1) is 16.1. The van der Waals surface area contributed by atoms with E-state index in [-0.39, 0.29) is 17.6 Å². The highest BCUT2D eigenvalue weighted by molar-refractivity contribution is 5.83. The predicted molar refractivity (Wildman–Crippen MR) is 122 cm³/mol. The van der Waals surface area contributed by atoms with Gasteiger partial charge in [-0.15, -0.1) is 0 Å². The molecular formula is C23H28N6O4. The van der Waals surface area contributed by atoms with Crippen molar-refractivity contribution < 1.29 is 14.4 Å². The molecule has 1 aromatic carbocycles. The number of aliphatic hydroxyl groups is 1. The molecule has 0 amide bonds. The van der Waals surface area contributed by atoms with Crippen molar-refractivity contribution in [3.63, 3.8) is 0 Å². The van der Waals surface area contributed by atoms with Crippen LogP contribution in [-0.2, 0) is 11.3 Å². The molecule has 0 saturated carbocycles. The van der Waals surface area contributed by atoms with E-state index in [9.17, 15) is 9.90 Å². The molecule has 0 spiro atoms. The van der Waals surface area contributed by atoms with Crippen LogP contribution in [0.2, 0.25) is 0 Å². The van der Waals surface area contributed by atoms with Gasteiger partial charge in [0.05, 0.1) is 29.7 Å². The number of likely N-dealkylation sites (tertiary alicyclic amines) is 1. The zero-order valence-corrected chi connectivity index (χ0v) is 18.8. The molecule has 1 N–H and O–H groups in total. The van der Waals surface area contributed by atoms with Crippen LogP contribution in [0, 0.1) is 0 Å². The maximum absolute atomic E-state index is 13.7. The minimum atomic E-state index is -0.220. The summed E-state index contributed by atoms with van der Waals surface area (Å²) in [4.78, 5) is 25.0. The van der Waals surface area contributed by atoms with Gasteiger partial charge in [-0.25, -0.2) is 4.98 Å². The lowest BCUT2D eigenvalue weighted by Crippen LogP contribution is -2.39. The van der Waals surface area contributed by atoms with Crippen molar-refractivity contribution in [2.24, 2.45) is 0 Å². The molecule has 0 radical (unpaired) electrons. The Morgan fingerprint density at radius 3 is 2.73 bits per heavy atom. The van der Waals surface area contributed by atoms with Gasteiger partial charge in [0.2, 0.25) is 11.7 Å². The lowest BCUT2D eigenvalue weighted by molar-refractivity contribution is 0.0810. The Morgan fingerprint density at radius 1 is 1.21 bits per heavy atom. The molecule has 3 aromatic heterocycles. The van der Waals surface area contributed by atoms with Crippen molar-refractivity contribution in [3.05, 3.63) is 46.8 Å². The van der Waals surface area contributed by atoms with Gasteiger partial charge < -0.3 is 23.8 Å². The molecule has 1 aliphatic heterocycles. The number of fused-ring (bicyclic) bond motifs is 3. The average Bonchev–Trinajstić information content (AvgIpc) is 3.48. The van der Waals surface area contributed by atoms with Crippen LogP contribution >= 0.6 is 0 Å². The Balaban J connectivity index is 1.56. The van der Waals surface area contributed by atoms with Gasteiger partial charge in [-0.05, 0) is 25.0 Å². The first-order valence-corrected chi connectivity index (χ1v) is 11.3. The lowest BCUT2D eigenvalue weighted by atomic mass is 10.1. The smallest absolute Gasteiger partial charge is 0.277 e. The fourth-order valence-electron chi connectivity index (χ4n) is 4.49. The molecule has 1 aliphatic rings. The number of nitrogens with zero attached hydrogens (tertiary/aromatic N) is 6. The number of aromatic nitrogens is 5. The minimum Gasteiger partial charge on any atom is -0.393 e. The second kappa shape index (κ2) is 9.05. The molecule has 4 aromatic rings. The number of benzene rings is 1. The maximum Gasteiger partial charge on any atom is 0.277 e. The summed E-state index contributed by atoms with van der Waals surface area (Å²) >= 11 is 0. The van der Waals surface area contributed by atoms with Crippen LogP contribution in [0.3, 0.4) is 0 Å². The third kappa shape index (κ3) is 4.05. The molecule has 10 heteroatoms.